The number of hydrogen-bond acceptors (Lipinski definition) is 2. The average Bonchev–Trinajstić information content (AvgIpc) is 2.51. The normalized spacial score (nSPS) is 12.8. The van der Waals surface area contributed by atoms with E-state index < -0.39 is 0 Å². The van der Waals surface area contributed by atoms with Crippen molar-refractivity contribution in [2.75, 3.05) is 7.05 Å². The van der Waals surface area contributed by atoms with Crippen molar-refractivity contribution in [3.8, 4) is 6.07 Å². The van der Waals surface area contributed by atoms with Crippen LogP contribution in [0.1, 0.15) is 51.2 Å². The van der Waals surface area contributed by atoms with Crippen molar-refractivity contribution < 1.29 is 0 Å². The van der Waals surface area contributed by atoms with Gasteiger partial charge < -0.3 is 10.6 Å². The van der Waals surface area contributed by atoms with Gasteiger partial charge in [-0.2, -0.15) is 5.26 Å². The Labute approximate surface area is 134 Å². The van der Waals surface area contributed by atoms with E-state index in [2.05, 4.69) is 42.5 Å². The molecule has 22 heavy (non-hydrogen) atoms. The first-order chi connectivity index (χ1) is 10.5. The van der Waals surface area contributed by atoms with Gasteiger partial charge in [-0.1, -0.05) is 38.8 Å². The van der Waals surface area contributed by atoms with Crippen LogP contribution in [0.3, 0.4) is 0 Å². The summed E-state index contributed by atoms with van der Waals surface area (Å²) >= 11 is 0. The van der Waals surface area contributed by atoms with Gasteiger partial charge in [0, 0.05) is 19.6 Å². The Balaban J connectivity index is 2.37. The van der Waals surface area contributed by atoms with Crippen molar-refractivity contribution in [1.29, 1.82) is 5.26 Å². The molecule has 1 atom stereocenters. The quantitative estimate of drug-likeness (QED) is 0.599. The molecule has 2 N–H and O–H groups in total. The SMILES string of the molecule is CN=C(NCc1ccc(C#N)cc1)NC(C)CCCC(C)C. The highest BCUT2D eigenvalue weighted by Crippen LogP contribution is 2.08. The number of nitrogens with one attached hydrogen (secondary N) is 2. The van der Waals surface area contributed by atoms with E-state index in [1.165, 1.54) is 12.8 Å². The smallest absolute Gasteiger partial charge is 0.191 e. The molecule has 0 aliphatic rings. The van der Waals surface area contributed by atoms with Crippen LogP contribution in [0.25, 0.3) is 0 Å². The molecule has 0 spiro atoms. The first-order valence-electron chi connectivity index (χ1n) is 8.01. The maximum absolute atomic E-state index is 8.79. The molecule has 4 heteroatoms. The summed E-state index contributed by atoms with van der Waals surface area (Å²) < 4.78 is 0. The van der Waals surface area contributed by atoms with E-state index >= 15 is 0 Å². The number of aliphatic imine (C=N–C) groups is 1. The second-order valence-electron chi connectivity index (χ2n) is 6.10. The van der Waals surface area contributed by atoms with E-state index in [0.29, 0.717) is 18.2 Å². The van der Waals surface area contributed by atoms with Crippen LogP contribution in [0.4, 0.5) is 0 Å². The van der Waals surface area contributed by atoms with Crippen LogP contribution in [0.15, 0.2) is 29.3 Å². The first-order valence-corrected chi connectivity index (χ1v) is 8.01. The molecule has 1 aromatic rings. The van der Waals surface area contributed by atoms with Gasteiger partial charge in [0.05, 0.1) is 11.6 Å². The van der Waals surface area contributed by atoms with Crippen molar-refractivity contribution >= 4 is 5.96 Å². The van der Waals surface area contributed by atoms with Gasteiger partial charge in [0.2, 0.25) is 0 Å². The molecule has 0 aromatic heterocycles. The second-order valence-corrected chi connectivity index (χ2v) is 6.10. The highest BCUT2D eigenvalue weighted by molar-refractivity contribution is 5.79. The van der Waals surface area contributed by atoms with Gasteiger partial charge in [0.25, 0.3) is 0 Å². The van der Waals surface area contributed by atoms with E-state index in [9.17, 15) is 0 Å². The molecule has 0 saturated heterocycles. The van der Waals surface area contributed by atoms with Crippen LogP contribution in [-0.2, 0) is 6.54 Å². The summed E-state index contributed by atoms with van der Waals surface area (Å²) in [6, 6.07) is 10.1. The Bertz CT molecular complexity index is 497. The van der Waals surface area contributed by atoms with Crippen LogP contribution < -0.4 is 10.6 Å². The lowest BCUT2D eigenvalue weighted by atomic mass is 10.0. The molecule has 4 nitrogen and oxygen atoms in total. The fourth-order valence-corrected chi connectivity index (χ4v) is 2.22. The van der Waals surface area contributed by atoms with Crippen molar-refractivity contribution in [2.24, 2.45) is 10.9 Å². The van der Waals surface area contributed by atoms with Gasteiger partial charge in [-0.3, -0.25) is 4.99 Å². The van der Waals surface area contributed by atoms with Gasteiger partial charge in [-0.25, -0.2) is 0 Å². The largest absolute Gasteiger partial charge is 0.354 e. The molecule has 0 heterocycles. The van der Waals surface area contributed by atoms with Gasteiger partial charge >= 0.3 is 0 Å². The van der Waals surface area contributed by atoms with Crippen LogP contribution >= 0.6 is 0 Å². The minimum absolute atomic E-state index is 0.408. The third kappa shape index (κ3) is 7.12. The lowest BCUT2D eigenvalue weighted by molar-refractivity contribution is 0.491. The highest BCUT2D eigenvalue weighted by atomic mass is 15.2. The van der Waals surface area contributed by atoms with Crippen LogP contribution in [-0.4, -0.2) is 19.0 Å². The summed E-state index contributed by atoms with van der Waals surface area (Å²) in [5, 5.41) is 15.5. The van der Waals surface area contributed by atoms with Crippen molar-refractivity contribution in [3.63, 3.8) is 0 Å². The van der Waals surface area contributed by atoms with Crippen molar-refractivity contribution in [1.82, 2.24) is 10.6 Å². The van der Waals surface area contributed by atoms with E-state index in [0.717, 1.165) is 23.9 Å². The summed E-state index contributed by atoms with van der Waals surface area (Å²) in [6.45, 7) is 7.41. The Kier molecular flexibility index (Phi) is 8.06. The Morgan fingerprint density at radius 1 is 1.18 bits per heavy atom. The molecular weight excluding hydrogens is 272 g/mol. The zero-order valence-electron chi connectivity index (χ0n) is 14.2. The van der Waals surface area contributed by atoms with Crippen molar-refractivity contribution in [3.05, 3.63) is 35.4 Å². The predicted molar refractivity (Wildman–Crippen MR) is 92.6 cm³/mol. The number of benzene rings is 1. The van der Waals surface area contributed by atoms with Crippen LogP contribution in [0.2, 0.25) is 0 Å². The molecule has 0 aliphatic carbocycles. The summed E-state index contributed by atoms with van der Waals surface area (Å²) in [5.74, 6) is 1.59. The fraction of sp³-hybridized carbons (Fsp3) is 0.556. The fourth-order valence-electron chi connectivity index (χ4n) is 2.22. The van der Waals surface area contributed by atoms with E-state index in [4.69, 9.17) is 5.26 Å². The zero-order valence-corrected chi connectivity index (χ0v) is 14.2. The highest BCUT2D eigenvalue weighted by Gasteiger charge is 2.05. The van der Waals surface area contributed by atoms with E-state index in [1.807, 2.05) is 24.3 Å². The van der Waals surface area contributed by atoms with Crippen LogP contribution in [0.5, 0.6) is 0 Å². The number of hydrogen-bond donors (Lipinski definition) is 2. The van der Waals surface area contributed by atoms with Gasteiger partial charge in [-0.05, 0) is 37.0 Å². The molecule has 0 fully saturated rings. The number of nitriles is 1. The molecular formula is C18H28N4. The molecule has 1 aromatic carbocycles. The minimum Gasteiger partial charge on any atom is -0.354 e. The number of rotatable bonds is 7. The average molecular weight is 300 g/mol. The van der Waals surface area contributed by atoms with E-state index in [-0.39, 0.29) is 0 Å². The Morgan fingerprint density at radius 2 is 1.86 bits per heavy atom. The second kappa shape index (κ2) is 9.83. The molecule has 0 saturated carbocycles. The summed E-state index contributed by atoms with van der Waals surface area (Å²) in [4.78, 5) is 4.26. The number of guanidine groups is 1. The maximum atomic E-state index is 8.79. The molecule has 0 aliphatic heterocycles. The van der Waals surface area contributed by atoms with Gasteiger partial charge in [0.15, 0.2) is 5.96 Å². The zero-order chi connectivity index (χ0) is 16.4. The molecule has 0 amide bonds. The summed E-state index contributed by atoms with van der Waals surface area (Å²) in [6.07, 6.45) is 3.65. The Morgan fingerprint density at radius 3 is 2.41 bits per heavy atom. The molecule has 0 bridgehead atoms. The maximum Gasteiger partial charge on any atom is 0.191 e. The third-order valence-corrected chi connectivity index (χ3v) is 3.57. The first kappa shape index (κ1) is 18.0. The van der Waals surface area contributed by atoms with Gasteiger partial charge in [0.1, 0.15) is 0 Å². The Hall–Kier alpha value is -2.02. The topological polar surface area (TPSA) is 60.2 Å². The molecule has 0 radical (unpaired) electrons. The summed E-state index contributed by atoms with van der Waals surface area (Å²) in [7, 11) is 1.79. The van der Waals surface area contributed by atoms with Crippen molar-refractivity contribution in [2.45, 2.75) is 52.6 Å². The molecule has 1 rings (SSSR count). The van der Waals surface area contributed by atoms with Gasteiger partial charge in [-0.15, -0.1) is 0 Å². The van der Waals surface area contributed by atoms with Crippen LogP contribution in [0, 0.1) is 17.2 Å². The van der Waals surface area contributed by atoms with E-state index in [1.54, 1.807) is 7.05 Å². The lowest BCUT2D eigenvalue weighted by Crippen LogP contribution is -2.41. The summed E-state index contributed by atoms with van der Waals surface area (Å²) in [5.41, 5.74) is 1.82. The minimum atomic E-state index is 0.408. The lowest BCUT2D eigenvalue weighted by Gasteiger charge is -2.18. The number of nitrogens with zero attached hydrogens (tertiary/aromatic N) is 2. The predicted octanol–water partition coefficient (Wildman–Crippen LogP) is 3.44. The third-order valence-electron chi connectivity index (χ3n) is 3.57. The standard InChI is InChI=1S/C18H28N4/c1-14(2)6-5-7-15(3)22-18(20-4)21-13-17-10-8-16(12-19)9-11-17/h8-11,14-15H,5-7,13H2,1-4H3,(H2,20,21,22). The monoisotopic (exact) mass is 300 g/mol. The molecule has 1 unspecified atom stereocenters. The molecule has 120 valence electrons.